The zero-order valence-electron chi connectivity index (χ0n) is 21.1. The van der Waals surface area contributed by atoms with Crippen molar-refractivity contribution in [2.75, 3.05) is 66.4 Å². The highest BCUT2D eigenvalue weighted by Crippen LogP contribution is 2.30. The van der Waals surface area contributed by atoms with Crippen LogP contribution in [0.1, 0.15) is 35.7 Å². The number of rotatable bonds is 17. The fourth-order valence-corrected chi connectivity index (χ4v) is 4.06. The third-order valence-corrected chi connectivity index (χ3v) is 5.86. The first kappa shape index (κ1) is 28.0. The van der Waals surface area contributed by atoms with E-state index in [0.717, 1.165) is 12.1 Å². The summed E-state index contributed by atoms with van der Waals surface area (Å²) in [4.78, 5) is 37.8. The molecule has 200 valence electrons. The molecule has 36 heavy (non-hydrogen) atoms. The lowest BCUT2D eigenvalue weighted by atomic mass is 10.0. The third-order valence-electron chi connectivity index (χ3n) is 5.86. The molecule has 2 aliphatic rings. The topological polar surface area (TPSA) is 125 Å². The SMILES string of the molecule is CNC[C@@H](C)OCCOCCOCCOCCOc1ccc2c(c1)CN(C1CCC(=O)NC1=O)C2=O. The van der Waals surface area contributed by atoms with Crippen molar-refractivity contribution in [2.24, 2.45) is 0 Å². The second-order valence-electron chi connectivity index (χ2n) is 8.64. The van der Waals surface area contributed by atoms with Crippen LogP contribution in [0.2, 0.25) is 0 Å². The van der Waals surface area contributed by atoms with E-state index in [9.17, 15) is 14.4 Å². The van der Waals surface area contributed by atoms with E-state index in [4.69, 9.17) is 23.7 Å². The van der Waals surface area contributed by atoms with Crippen LogP contribution in [-0.4, -0.2) is 101 Å². The smallest absolute Gasteiger partial charge is 0.255 e. The van der Waals surface area contributed by atoms with E-state index in [1.807, 2.05) is 20.0 Å². The van der Waals surface area contributed by atoms with Crippen LogP contribution in [-0.2, 0) is 35.1 Å². The molecule has 3 amide bonds. The van der Waals surface area contributed by atoms with Crippen molar-refractivity contribution in [2.45, 2.75) is 38.5 Å². The van der Waals surface area contributed by atoms with Crippen molar-refractivity contribution in [3.8, 4) is 5.75 Å². The molecule has 2 N–H and O–H groups in total. The molecule has 3 rings (SSSR count). The number of likely N-dealkylation sites (N-methyl/N-ethyl adjacent to an activating group) is 1. The van der Waals surface area contributed by atoms with E-state index in [-0.39, 0.29) is 24.3 Å². The number of piperidine rings is 1. The van der Waals surface area contributed by atoms with Crippen LogP contribution in [0.15, 0.2) is 18.2 Å². The Morgan fingerprint density at radius 3 is 2.33 bits per heavy atom. The standard InChI is InChI=1S/C25H37N3O8/c1-18(16-26-2)35-13-11-33-9-7-32-8-10-34-12-14-36-20-3-4-21-19(15-20)17-28(25(21)31)22-5-6-23(29)27-24(22)30/h3-4,15,18,22,26H,5-14,16-17H2,1-2H3,(H,27,29,30)/t18-,22?/m1/s1. The maximum absolute atomic E-state index is 12.7. The van der Waals surface area contributed by atoms with Gasteiger partial charge < -0.3 is 33.9 Å². The minimum atomic E-state index is -0.625. The molecule has 1 unspecified atom stereocenters. The molecule has 2 aliphatic heterocycles. The molecule has 0 saturated carbocycles. The second-order valence-corrected chi connectivity index (χ2v) is 8.64. The number of hydrogen-bond donors (Lipinski definition) is 2. The van der Waals surface area contributed by atoms with Crippen molar-refractivity contribution in [3.05, 3.63) is 29.3 Å². The third kappa shape index (κ3) is 8.52. The molecule has 11 nitrogen and oxygen atoms in total. The molecule has 0 aromatic heterocycles. The Morgan fingerprint density at radius 2 is 1.67 bits per heavy atom. The predicted octanol–water partition coefficient (Wildman–Crippen LogP) is 0.501. The highest BCUT2D eigenvalue weighted by Gasteiger charge is 2.39. The van der Waals surface area contributed by atoms with Crippen LogP contribution < -0.4 is 15.4 Å². The molecule has 0 aliphatic carbocycles. The molecule has 2 heterocycles. The Bertz CT molecular complexity index is 881. The average molecular weight is 508 g/mol. The van der Waals surface area contributed by atoms with Gasteiger partial charge in [0.2, 0.25) is 11.8 Å². The summed E-state index contributed by atoms with van der Waals surface area (Å²) in [6.07, 6.45) is 0.738. The van der Waals surface area contributed by atoms with Gasteiger partial charge >= 0.3 is 0 Å². The summed E-state index contributed by atoms with van der Waals surface area (Å²) in [6, 6.07) is 4.64. The van der Waals surface area contributed by atoms with E-state index >= 15 is 0 Å². The Morgan fingerprint density at radius 1 is 1.00 bits per heavy atom. The van der Waals surface area contributed by atoms with Crippen molar-refractivity contribution in [1.29, 1.82) is 0 Å². The van der Waals surface area contributed by atoms with Crippen LogP contribution in [0.3, 0.4) is 0 Å². The summed E-state index contributed by atoms with van der Waals surface area (Å²) in [6.45, 7) is 6.93. The monoisotopic (exact) mass is 507 g/mol. The predicted molar refractivity (Wildman–Crippen MR) is 130 cm³/mol. The number of benzene rings is 1. The zero-order chi connectivity index (χ0) is 25.8. The number of fused-ring (bicyclic) bond motifs is 1. The minimum Gasteiger partial charge on any atom is -0.491 e. The number of nitrogens with zero attached hydrogens (tertiary/aromatic N) is 1. The fourth-order valence-electron chi connectivity index (χ4n) is 4.06. The first-order valence-electron chi connectivity index (χ1n) is 12.4. The summed E-state index contributed by atoms with van der Waals surface area (Å²) in [5.41, 5.74) is 1.36. The molecular formula is C25H37N3O8. The lowest BCUT2D eigenvalue weighted by Gasteiger charge is -2.29. The Balaban J connectivity index is 1.23. The number of imide groups is 1. The van der Waals surface area contributed by atoms with E-state index in [2.05, 4.69) is 10.6 Å². The first-order valence-corrected chi connectivity index (χ1v) is 12.4. The summed E-state index contributed by atoms with van der Waals surface area (Å²) < 4.78 is 27.8. The lowest BCUT2D eigenvalue weighted by Crippen LogP contribution is -2.52. The fraction of sp³-hybridized carbons (Fsp3) is 0.640. The zero-order valence-corrected chi connectivity index (χ0v) is 21.1. The molecule has 0 spiro atoms. The average Bonchev–Trinajstić information content (AvgIpc) is 3.17. The van der Waals surface area contributed by atoms with Gasteiger partial charge in [-0.1, -0.05) is 0 Å². The maximum atomic E-state index is 12.7. The molecule has 1 aromatic carbocycles. The van der Waals surface area contributed by atoms with Crippen molar-refractivity contribution in [1.82, 2.24) is 15.5 Å². The number of carbonyl (C=O) groups excluding carboxylic acids is 3. The van der Waals surface area contributed by atoms with Gasteiger partial charge in [-0.15, -0.1) is 0 Å². The van der Waals surface area contributed by atoms with Crippen molar-refractivity contribution in [3.63, 3.8) is 0 Å². The summed E-state index contributed by atoms with van der Waals surface area (Å²) in [5, 5.41) is 5.36. The van der Waals surface area contributed by atoms with E-state index in [1.165, 1.54) is 4.90 Å². The summed E-state index contributed by atoms with van der Waals surface area (Å²) in [7, 11) is 1.89. The molecule has 0 bridgehead atoms. The van der Waals surface area contributed by atoms with Gasteiger partial charge in [-0.3, -0.25) is 19.7 Å². The molecule has 0 radical (unpaired) electrons. The highest BCUT2D eigenvalue weighted by atomic mass is 16.6. The molecule has 1 aromatic rings. The molecule has 2 atom stereocenters. The lowest BCUT2D eigenvalue weighted by molar-refractivity contribution is -0.136. The Labute approximate surface area is 211 Å². The molecule has 11 heteroatoms. The largest absolute Gasteiger partial charge is 0.491 e. The van der Waals surface area contributed by atoms with Crippen LogP contribution in [0.4, 0.5) is 0 Å². The minimum absolute atomic E-state index is 0.165. The number of nitrogens with one attached hydrogen (secondary N) is 2. The van der Waals surface area contributed by atoms with Gasteiger partial charge in [0.15, 0.2) is 0 Å². The van der Waals surface area contributed by atoms with E-state index < -0.39 is 11.9 Å². The Kier molecular flexibility index (Phi) is 11.6. The van der Waals surface area contributed by atoms with Crippen LogP contribution in [0.5, 0.6) is 5.75 Å². The molecule has 1 saturated heterocycles. The van der Waals surface area contributed by atoms with Gasteiger partial charge in [0.1, 0.15) is 18.4 Å². The molecular weight excluding hydrogens is 470 g/mol. The van der Waals surface area contributed by atoms with Gasteiger partial charge in [0.05, 0.1) is 52.4 Å². The first-order chi connectivity index (χ1) is 17.5. The van der Waals surface area contributed by atoms with Gasteiger partial charge in [-0.25, -0.2) is 0 Å². The van der Waals surface area contributed by atoms with Crippen LogP contribution in [0, 0.1) is 0 Å². The van der Waals surface area contributed by atoms with Crippen molar-refractivity contribution < 1.29 is 38.1 Å². The molecule has 1 fully saturated rings. The number of hydrogen-bond acceptors (Lipinski definition) is 9. The van der Waals surface area contributed by atoms with Crippen LogP contribution >= 0.6 is 0 Å². The van der Waals surface area contributed by atoms with E-state index in [1.54, 1.807) is 12.1 Å². The second kappa shape index (κ2) is 14.9. The summed E-state index contributed by atoms with van der Waals surface area (Å²) >= 11 is 0. The highest BCUT2D eigenvalue weighted by molar-refractivity contribution is 6.05. The normalized spacial score (nSPS) is 18.3. The quantitative estimate of drug-likeness (QED) is 0.229. The maximum Gasteiger partial charge on any atom is 0.255 e. The van der Waals surface area contributed by atoms with Gasteiger partial charge in [-0.2, -0.15) is 0 Å². The van der Waals surface area contributed by atoms with Gasteiger partial charge in [-0.05, 0) is 44.2 Å². The van der Waals surface area contributed by atoms with Gasteiger partial charge in [0.25, 0.3) is 5.91 Å². The van der Waals surface area contributed by atoms with E-state index in [0.29, 0.717) is 77.1 Å². The number of ether oxygens (including phenoxy) is 5. The van der Waals surface area contributed by atoms with Crippen molar-refractivity contribution >= 4 is 17.7 Å². The number of amides is 3. The Hall–Kier alpha value is -2.57. The number of carbonyl (C=O) groups is 3. The van der Waals surface area contributed by atoms with Gasteiger partial charge in [0, 0.05) is 25.1 Å². The van der Waals surface area contributed by atoms with Crippen LogP contribution in [0.25, 0.3) is 0 Å². The summed E-state index contributed by atoms with van der Waals surface area (Å²) in [5.74, 6) is -0.288.